The maximum Gasteiger partial charge on any atom is 0.340 e. The van der Waals surface area contributed by atoms with Gasteiger partial charge in [0, 0.05) is 23.3 Å². The van der Waals surface area contributed by atoms with Gasteiger partial charge in [-0.3, -0.25) is 10.1 Å². The van der Waals surface area contributed by atoms with Crippen LogP contribution in [0, 0.1) is 10.1 Å². The Labute approximate surface area is 165 Å². The first-order valence-electron chi connectivity index (χ1n) is 8.78. The van der Waals surface area contributed by atoms with Gasteiger partial charge < -0.3 is 5.11 Å². The highest BCUT2D eigenvalue weighted by molar-refractivity contribution is 6.02. The van der Waals surface area contributed by atoms with Crippen molar-refractivity contribution in [3.8, 4) is 28.2 Å². The number of rotatable bonds is 5. The van der Waals surface area contributed by atoms with E-state index in [1.807, 2.05) is 48.5 Å². The van der Waals surface area contributed by atoms with E-state index in [1.165, 1.54) is 18.2 Å². The van der Waals surface area contributed by atoms with E-state index in [0.717, 1.165) is 0 Å². The lowest BCUT2D eigenvalue weighted by Crippen LogP contribution is -2.03. The molecule has 4 rings (SSSR count). The summed E-state index contributed by atoms with van der Waals surface area (Å²) in [5.41, 5.74) is 2.16. The average molecular weight is 385 g/mol. The fourth-order valence-electron chi connectivity index (χ4n) is 3.21. The number of hydrogen-bond acceptors (Lipinski definition) is 4. The third-order valence-electron chi connectivity index (χ3n) is 4.48. The van der Waals surface area contributed by atoms with Crippen molar-refractivity contribution in [3.05, 3.63) is 101 Å². The molecule has 1 heterocycles. The number of non-ortho nitro benzene ring substituents is 1. The zero-order valence-electron chi connectivity index (χ0n) is 15.1. The fourth-order valence-corrected chi connectivity index (χ4v) is 3.21. The number of carboxylic acids is 1. The molecule has 7 heteroatoms. The van der Waals surface area contributed by atoms with E-state index in [-0.39, 0.29) is 16.9 Å². The van der Waals surface area contributed by atoms with Crippen LogP contribution in [-0.4, -0.2) is 25.8 Å². The smallest absolute Gasteiger partial charge is 0.340 e. The lowest BCUT2D eigenvalue weighted by molar-refractivity contribution is -0.384. The highest BCUT2D eigenvalue weighted by Crippen LogP contribution is 2.35. The number of hydrogen-bond donors (Lipinski definition) is 1. The molecule has 1 N–H and O–H groups in total. The SMILES string of the molecule is O=C(O)c1c(-c2cccc([N+](=O)[O-])c2)nn(-c2ccccc2)c1-c1ccccc1. The lowest BCUT2D eigenvalue weighted by Gasteiger charge is -2.08. The predicted octanol–water partition coefficient (Wildman–Crippen LogP) is 4.81. The normalized spacial score (nSPS) is 10.6. The summed E-state index contributed by atoms with van der Waals surface area (Å²) in [4.78, 5) is 22.9. The van der Waals surface area contributed by atoms with Crippen LogP contribution in [-0.2, 0) is 0 Å². The lowest BCUT2D eigenvalue weighted by atomic mass is 10.0. The highest BCUT2D eigenvalue weighted by atomic mass is 16.6. The van der Waals surface area contributed by atoms with Crippen molar-refractivity contribution < 1.29 is 14.8 Å². The van der Waals surface area contributed by atoms with Crippen molar-refractivity contribution in [3.63, 3.8) is 0 Å². The molecule has 0 aliphatic heterocycles. The van der Waals surface area contributed by atoms with E-state index in [2.05, 4.69) is 5.10 Å². The maximum atomic E-state index is 12.3. The molecule has 1 aromatic heterocycles. The number of carboxylic acid groups (broad SMARTS) is 1. The number of aromatic nitrogens is 2. The molecule has 0 atom stereocenters. The molecule has 0 fully saturated rings. The molecule has 0 aliphatic carbocycles. The molecule has 0 saturated heterocycles. The molecule has 3 aromatic carbocycles. The Balaban J connectivity index is 2.05. The van der Waals surface area contributed by atoms with E-state index >= 15 is 0 Å². The minimum Gasteiger partial charge on any atom is -0.478 e. The molecular formula is C22H15N3O4. The minimum atomic E-state index is -1.16. The third-order valence-corrected chi connectivity index (χ3v) is 4.48. The van der Waals surface area contributed by atoms with Crippen LogP contribution in [0.1, 0.15) is 10.4 Å². The Kier molecular flexibility index (Phi) is 4.62. The molecule has 0 unspecified atom stereocenters. The van der Waals surface area contributed by atoms with Crippen LogP contribution in [0.25, 0.3) is 28.2 Å². The first-order valence-corrected chi connectivity index (χ1v) is 8.78. The number of nitro groups is 1. The second kappa shape index (κ2) is 7.40. The Bertz CT molecular complexity index is 1200. The predicted molar refractivity (Wildman–Crippen MR) is 108 cm³/mol. The Hall–Kier alpha value is -4.26. The quantitative estimate of drug-likeness (QED) is 0.392. The van der Waals surface area contributed by atoms with E-state index in [1.54, 1.807) is 22.9 Å². The summed E-state index contributed by atoms with van der Waals surface area (Å²) in [6.45, 7) is 0. The third kappa shape index (κ3) is 3.37. The first kappa shape index (κ1) is 18.1. The summed E-state index contributed by atoms with van der Waals surface area (Å²) >= 11 is 0. The zero-order chi connectivity index (χ0) is 20.4. The highest BCUT2D eigenvalue weighted by Gasteiger charge is 2.27. The van der Waals surface area contributed by atoms with Crippen LogP contribution in [0.2, 0.25) is 0 Å². The van der Waals surface area contributed by atoms with Gasteiger partial charge in [-0.15, -0.1) is 0 Å². The van der Waals surface area contributed by atoms with Crippen molar-refractivity contribution in [1.82, 2.24) is 9.78 Å². The molecule has 4 aromatic rings. The van der Waals surface area contributed by atoms with Crippen LogP contribution >= 0.6 is 0 Å². The van der Waals surface area contributed by atoms with E-state index in [4.69, 9.17) is 0 Å². The summed E-state index contributed by atoms with van der Waals surface area (Å²) in [7, 11) is 0. The summed E-state index contributed by atoms with van der Waals surface area (Å²) in [6, 6.07) is 24.1. The Morgan fingerprint density at radius 1 is 0.897 bits per heavy atom. The van der Waals surface area contributed by atoms with Gasteiger partial charge in [0.05, 0.1) is 16.3 Å². The van der Waals surface area contributed by atoms with Crippen molar-refractivity contribution in [2.75, 3.05) is 0 Å². The molecule has 0 spiro atoms. The molecule has 29 heavy (non-hydrogen) atoms. The van der Waals surface area contributed by atoms with Crippen LogP contribution in [0.4, 0.5) is 5.69 Å². The van der Waals surface area contributed by atoms with Crippen LogP contribution in [0.3, 0.4) is 0 Å². The average Bonchev–Trinajstić information content (AvgIpc) is 3.16. The van der Waals surface area contributed by atoms with Gasteiger partial charge in [0.15, 0.2) is 0 Å². The van der Waals surface area contributed by atoms with Gasteiger partial charge in [-0.25, -0.2) is 9.48 Å². The van der Waals surface area contributed by atoms with Crippen molar-refractivity contribution in [2.45, 2.75) is 0 Å². The second-order valence-corrected chi connectivity index (χ2v) is 6.30. The van der Waals surface area contributed by atoms with Crippen molar-refractivity contribution in [1.29, 1.82) is 0 Å². The van der Waals surface area contributed by atoms with Gasteiger partial charge in [-0.2, -0.15) is 5.10 Å². The molecule has 0 aliphatic rings. The van der Waals surface area contributed by atoms with Gasteiger partial charge in [-0.05, 0) is 12.1 Å². The molecule has 0 bridgehead atoms. The summed E-state index contributed by atoms with van der Waals surface area (Å²) in [6.07, 6.45) is 0. The molecule has 0 radical (unpaired) electrons. The number of carbonyl (C=O) groups is 1. The summed E-state index contributed by atoms with van der Waals surface area (Å²) < 4.78 is 1.56. The topological polar surface area (TPSA) is 98.3 Å². The van der Waals surface area contributed by atoms with Crippen molar-refractivity contribution >= 4 is 11.7 Å². The zero-order valence-corrected chi connectivity index (χ0v) is 15.1. The van der Waals surface area contributed by atoms with Crippen LogP contribution in [0.15, 0.2) is 84.9 Å². The van der Waals surface area contributed by atoms with Gasteiger partial charge in [0.1, 0.15) is 11.3 Å². The van der Waals surface area contributed by atoms with Gasteiger partial charge >= 0.3 is 5.97 Å². The van der Waals surface area contributed by atoms with Crippen LogP contribution in [0.5, 0.6) is 0 Å². The maximum absolute atomic E-state index is 12.3. The number of para-hydroxylation sites is 1. The molecule has 0 amide bonds. The molecule has 0 saturated carbocycles. The Morgan fingerprint density at radius 3 is 2.14 bits per heavy atom. The number of nitro benzene ring substituents is 1. The van der Waals surface area contributed by atoms with Gasteiger partial charge in [0.25, 0.3) is 5.69 Å². The van der Waals surface area contributed by atoms with Gasteiger partial charge in [0.2, 0.25) is 0 Å². The standard InChI is InChI=1S/C22H15N3O4/c26-22(27)19-20(16-10-7-13-18(14-16)25(28)29)23-24(17-11-5-2-6-12-17)21(19)15-8-3-1-4-9-15/h1-14H,(H,26,27). The van der Waals surface area contributed by atoms with Gasteiger partial charge in [-0.1, -0.05) is 60.7 Å². The number of aromatic carboxylic acids is 1. The summed E-state index contributed by atoms with van der Waals surface area (Å²) in [5.74, 6) is -1.16. The Morgan fingerprint density at radius 2 is 1.52 bits per heavy atom. The number of nitrogens with zero attached hydrogens (tertiary/aromatic N) is 3. The fraction of sp³-hybridized carbons (Fsp3) is 0. The molecule has 7 nitrogen and oxygen atoms in total. The first-order chi connectivity index (χ1) is 14.1. The summed E-state index contributed by atoms with van der Waals surface area (Å²) in [5, 5.41) is 25.8. The van der Waals surface area contributed by atoms with E-state index in [9.17, 15) is 20.0 Å². The van der Waals surface area contributed by atoms with Crippen molar-refractivity contribution in [2.24, 2.45) is 0 Å². The van der Waals surface area contributed by atoms with Crippen LogP contribution < -0.4 is 0 Å². The van der Waals surface area contributed by atoms with E-state index in [0.29, 0.717) is 22.5 Å². The second-order valence-electron chi connectivity index (χ2n) is 6.30. The largest absolute Gasteiger partial charge is 0.478 e. The monoisotopic (exact) mass is 385 g/mol. The minimum absolute atomic E-state index is 0.0134. The number of benzene rings is 3. The molecular weight excluding hydrogens is 370 g/mol. The van der Waals surface area contributed by atoms with E-state index < -0.39 is 10.9 Å². The molecule has 142 valence electrons.